The predicted octanol–water partition coefficient (Wildman–Crippen LogP) is 8.62. The lowest BCUT2D eigenvalue weighted by Crippen LogP contribution is -2.57. The van der Waals surface area contributed by atoms with Crippen LogP contribution in [0.3, 0.4) is 0 Å². The number of rotatable bonds is 13. The van der Waals surface area contributed by atoms with Gasteiger partial charge in [0.25, 0.3) is 0 Å². The SMILES string of the molecule is C=C(C)C(=O)OCC(F)(F)C(F)(F)C(F)(F)CSc1ccc2cc(-c3ccc(CCCCC)cc3C)c(=O)oc2c1. The normalized spacial score (nSPS) is 12.5. The standard InChI is InChI=1S/C30H30F6O4S/c1-5-6-7-8-20-9-12-23(19(4)13-20)24-14-21-10-11-22(15-25(21)40-27(24)38)41-17-29(33,34)30(35,36)28(31,32)16-39-26(37)18(2)3/h9-15H,2,5-8,16-17H2,1,3-4H3. The van der Waals surface area contributed by atoms with Gasteiger partial charge in [0.05, 0.1) is 11.3 Å². The van der Waals surface area contributed by atoms with Crippen LogP contribution in [0.2, 0.25) is 0 Å². The molecule has 0 saturated heterocycles. The Kier molecular flexibility index (Phi) is 10.0. The summed E-state index contributed by atoms with van der Waals surface area (Å²) in [5.41, 5.74) is 2.00. The molecule has 3 aromatic rings. The first-order chi connectivity index (χ1) is 19.1. The number of alkyl halides is 6. The average Bonchev–Trinajstić information content (AvgIpc) is 2.90. The van der Waals surface area contributed by atoms with Crippen LogP contribution >= 0.6 is 11.8 Å². The maximum Gasteiger partial charge on any atom is 0.376 e. The van der Waals surface area contributed by atoms with Crippen LogP contribution in [0.5, 0.6) is 0 Å². The van der Waals surface area contributed by atoms with Gasteiger partial charge in [0.15, 0.2) is 6.61 Å². The molecule has 0 N–H and O–H groups in total. The van der Waals surface area contributed by atoms with Crippen LogP contribution in [0, 0.1) is 6.92 Å². The molecule has 4 nitrogen and oxygen atoms in total. The monoisotopic (exact) mass is 600 g/mol. The van der Waals surface area contributed by atoms with E-state index in [1.54, 1.807) is 6.07 Å². The number of hydrogen-bond acceptors (Lipinski definition) is 5. The van der Waals surface area contributed by atoms with Crippen molar-refractivity contribution in [1.29, 1.82) is 0 Å². The van der Waals surface area contributed by atoms with E-state index >= 15 is 0 Å². The van der Waals surface area contributed by atoms with E-state index in [9.17, 15) is 35.9 Å². The Morgan fingerprint density at radius 2 is 1.68 bits per heavy atom. The van der Waals surface area contributed by atoms with Crippen LogP contribution in [0.1, 0.15) is 44.2 Å². The number of esters is 1. The molecule has 0 amide bonds. The number of carbonyl (C=O) groups excluding carboxylic acids is 1. The number of fused-ring (bicyclic) bond motifs is 1. The summed E-state index contributed by atoms with van der Waals surface area (Å²) >= 11 is 0.186. The van der Waals surface area contributed by atoms with Gasteiger partial charge in [-0.25, -0.2) is 9.59 Å². The quantitative estimate of drug-likeness (QED) is 0.0491. The van der Waals surface area contributed by atoms with E-state index in [4.69, 9.17) is 4.42 Å². The highest BCUT2D eigenvalue weighted by molar-refractivity contribution is 7.99. The smallest absolute Gasteiger partial charge is 0.376 e. The van der Waals surface area contributed by atoms with Crippen molar-refractivity contribution in [3.05, 3.63) is 76.2 Å². The van der Waals surface area contributed by atoms with Crippen LogP contribution in [0.15, 0.2) is 68.7 Å². The second kappa shape index (κ2) is 12.8. The number of carbonyl (C=O) groups is 1. The molecule has 0 bridgehead atoms. The number of ether oxygens (including phenoxy) is 1. The Bertz CT molecular complexity index is 1480. The fourth-order valence-corrected chi connectivity index (χ4v) is 4.92. The Morgan fingerprint density at radius 3 is 2.32 bits per heavy atom. The average molecular weight is 601 g/mol. The highest BCUT2D eigenvalue weighted by atomic mass is 32.2. The zero-order chi connectivity index (χ0) is 30.6. The molecule has 0 spiro atoms. The third-order valence-corrected chi connectivity index (χ3v) is 7.52. The Balaban J connectivity index is 1.77. The van der Waals surface area contributed by atoms with Crippen molar-refractivity contribution in [1.82, 2.24) is 0 Å². The van der Waals surface area contributed by atoms with Crippen LogP contribution in [-0.2, 0) is 16.0 Å². The van der Waals surface area contributed by atoms with Crippen molar-refractivity contribution in [2.45, 2.75) is 69.1 Å². The fourth-order valence-electron chi connectivity index (χ4n) is 4.03. The summed E-state index contributed by atoms with van der Waals surface area (Å²) in [5, 5.41) is 0.457. The summed E-state index contributed by atoms with van der Waals surface area (Å²) in [6, 6.07) is 11.4. The predicted molar refractivity (Wildman–Crippen MR) is 147 cm³/mol. The third-order valence-electron chi connectivity index (χ3n) is 6.43. The molecule has 1 aromatic heterocycles. The minimum absolute atomic E-state index is 0.00601. The van der Waals surface area contributed by atoms with Crippen molar-refractivity contribution >= 4 is 28.7 Å². The zero-order valence-electron chi connectivity index (χ0n) is 22.8. The largest absolute Gasteiger partial charge is 0.456 e. The Hall–Kier alpha value is -3.21. The van der Waals surface area contributed by atoms with Crippen LogP contribution in [0.4, 0.5) is 26.3 Å². The molecule has 11 heteroatoms. The van der Waals surface area contributed by atoms with E-state index < -0.39 is 41.7 Å². The van der Waals surface area contributed by atoms with E-state index in [1.165, 1.54) is 18.2 Å². The van der Waals surface area contributed by atoms with E-state index in [0.29, 0.717) is 16.5 Å². The van der Waals surface area contributed by atoms with Gasteiger partial charge in [-0.05, 0) is 61.6 Å². The van der Waals surface area contributed by atoms with E-state index in [0.717, 1.165) is 43.7 Å². The highest BCUT2D eigenvalue weighted by Gasteiger charge is 2.71. The molecular weight excluding hydrogens is 570 g/mol. The first-order valence-corrected chi connectivity index (χ1v) is 13.8. The summed E-state index contributed by atoms with van der Waals surface area (Å²) in [5.74, 6) is -19.5. The number of unbranched alkanes of at least 4 members (excludes halogenated alkanes) is 2. The summed E-state index contributed by atoms with van der Waals surface area (Å²) in [4.78, 5) is 24.0. The lowest BCUT2D eigenvalue weighted by molar-refractivity contribution is -0.309. The number of thioether (sulfide) groups is 1. The summed E-state index contributed by atoms with van der Waals surface area (Å²) in [7, 11) is 0. The van der Waals surface area contributed by atoms with Gasteiger partial charge in [0.2, 0.25) is 0 Å². The molecular formula is C30H30F6O4S. The molecule has 3 rings (SSSR count). The minimum Gasteiger partial charge on any atom is -0.456 e. The van der Waals surface area contributed by atoms with Gasteiger partial charge in [-0.1, -0.05) is 50.6 Å². The second-order valence-corrected chi connectivity index (χ2v) is 10.9. The molecule has 0 aliphatic rings. The molecule has 1 heterocycles. The molecule has 0 unspecified atom stereocenters. The van der Waals surface area contributed by atoms with Crippen molar-refractivity contribution in [3.63, 3.8) is 0 Å². The molecule has 0 saturated carbocycles. The maximum absolute atomic E-state index is 14.4. The zero-order valence-corrected chi connectivity index (χ0v) is 23.6. The molecule has 0 radical (unpaired) electrons. The van der Waals surface area contributed by atoms with Crippen molar-refractivity contribution < 1.29 is 40.3 Å². The van der Waals surface area contributed by atoms with Crippen LogP contribution in [0.25, 0.3) is 22.1 Å². The summed E-state index contributed by atoms with van der Waals surface area (Å²) in [6.45, 7) is 5.96. The van der Waals surface area contributed by atoms with Crippen LogP contribution in [-0.4, -0.2) is 36.1 Å². The van der Waals surface area contributed by atoms with Gasteiger partial charge in [-0.15, -0.1) is 11.8 Å². The fraction of sp³-hybridized carbons (Fsp3) is 0.400. The third kappa shape index (κ3) is 7.36. The van der Waals surface area contributed by atoms with Gasteiger partial charge in [-0.3, -0.25) is 0 Å². The first-order valence-electron chi connectivity index (χ1n) is 12.9. The van der Waals surface area contributed by atoms with E-state index in [-0.39, 0.29) is 27.8 Å². The highest BCUT2D eigenvalue weighted by Crippen LogP contribution is 2.48. The van der Waals surface area contributed by atoms with Crippen molar-refractivity contribution in [3.8, 4) is 11.1 Å². The van der Waals surface area contributed by atoms with Crippen molar-refractivity contribution in [2.24, 2.45) is 0 Å². The molecule has 0 fully saturated rings. The lowest BCUT2D eigenvalue weighted by atomic mass is 9.97. The van der Waals surface area contributed by atoms with Crippen LogP contribution < -0.4 is 5.63 Å². The summed E-state index contributed by atoms with van der Waals surface area (Å²) < 4.78 is 94.5. The van der Waals surface area contributed by atoms with E-state index in [1.807, 2.05) is 25.1 Å². The van der Waals surface area contributed by atoms with Gasteiger partial charge >= 0.3 is 29.4 Å². The number of benzene rings is 2. The maximum atomic E-state index is 14.4. The Morgan fingerprint density at radius 1 is 0.976 bits per heavy atom. The molecule has 2 aromatic carbocycles. The number of aryl methyl sites for hydroxylation is 2. The topological polar surface area (TPSA) is 56.5 Å². The minimum atomic E-state index is -5.83. The number of hydrogen-bond donors (Lipinski definition) is 0. The number of halogens is 6. The molecule has 0 aliphatic heterocycles. The lowest BCUT2D eigenvalue weighted by Gasteiger charge is -2.32. The van der Waals surface area contributed by atoms with Gasteiger partial charge in [0, 0.05) is 15.9 Å². The Labute approximate surface area is 237 Å². The molecule has 222 valence electrons. The second-order valence-electron chi connectivity index (χ2n) is 9.88. The molecule has 0 aliphatic carbocycles. The van der Waals surface area contributed by atoms with Gasteiger partial charge in [0.1, 0.15) is 5.58 Å². The summed E-state index contributed by atoms with van der Waals surface area (Å²) in [6.07, 6.45) is 4.21. The molecule has 0 atom stereocenters. The van der Waals surface area contributed by atoms with E-state index in [2.05, 4.69) is 18.2 Å². The van der Waals surface area contributed by atoms with Crippen molar-refractivity contribution in [2.75, 3.05) is 12.4 Å². The van der Waals surface area contributed by atoms with Gasteiger partial charge in [-0.2, -0.15) is 26.3 Å². The first kappa shape index (κ1) is 32.3. The van der Waals surface area contributed by atoms with Gasteiger partial charge < -0.3 is 9.15 Å². The molecule has 41 heavy (non-hydrogen) atoms.